The predicted octanol–water partition coefficient (Wildman–Crippen LogP) is 3.39. The molecule has 154 valence electrons. The van der Waals surface area contributed by atoms with Crippen LogP contribution >= 0.6 is 0 Å². The summed E-state index contributed by atoms with van der Waals surface area (Å²) in [5, 5.41) is 2.17. The first-order valence-corrected chi connectivity index (χ1v) is 9.10. The van der Waals surface area contributed by atoms with E-state index in [1.54, 1.807) is 12.1 Å². The molecule has 0 aromatic heterocycles. The van der Waals surface area contributed by atoms with Crippen molar-refractivity contribution in [3.8, 4) is 5.75 Å². The number of esters is 1. The van der Waals surface area contributed by atoms with Crippen molar-refractivity contribution in [2.45, 2.75) is 39.2 Å². The van der Waals surface area contributed by atoms with Crippen molar-refractivity contribution in [1.82, 2.24) is 5.32 Å². The van der Waals surface area contributed by atoms with E-state index in [0.29, 0.717) is 5.56 Å². The van der Waals surface area contributed by atoms with Crippen LogP contribution < -0.4 is 10.1 Å². The van der Waals surface area contributed by atoms with Gasteiger partial charge in [0.15, 0.2) is 12.7 Å². The number of ether oxygens (including phenoxy) is 2. The van der Waals surface area contributed by atoms with Crippen LogP contribution in [0.1, 0.15) is 43.6 Å². The second-order valence-electron chi connectivity index (χ2n) is 7.53. The highest BCUT2D eigenvalue weighted by Crippen LogP contribution is 2.22. The Hall–Kier alpha value is -3.22. The Balaban J connectivity index is 1.81. The van der Waals surface area contributed by atoms with Crippen LogP contribution in [0.3, 0.4) is 0 Å². The van der Waals surface area contributed by atoms with Crippen LogP contribution in [0.2, 0.25) is 0 Å². The first kappa shape index (κ1) is 22.1. The molecular formula is C22H24FNO5. The van der Waals surface area contributed by atoms with E-state index < -0.39 is 36.3 Å². The molecule has 0 radical (unpaired) electrons. The third-order valence-electron chi connectivity index (χ3n) is 4.07. The van der Waals surface area contributed by atoms with Gasteiger partial charge >= 0.3 is 5.97 Å². The van der Waals surface area contributed by atoms with Crippen LogP contribution in [0.25, 0.3) is 0 Å². The molecule has 0 heterocycles. The van der Waals surface area contributed by atoms with E-state index in [-0.39, 0.29) is 11.2 Å². The molecule has 6 nitrogen and oxygen atoms in total. The second-order valence-corrected chi connectivity index (χ2v) is 7.53. The van der Waals surface area contributed by atoms with Gasteiger partial charge in [-0.25, -0.2) is 9.18 Å². The number of carbonyl (C=O) groups excluding carboxylic acids is 3. The van der Waals surface area contributed by atoms with Gasteiger partial charge in [0.2, 0.25) is 0 Å². The molecule has 0 bridgehead atoms. The molecule has 0 unspecified atom stereocenters. The van der Waals surface area contributed by atoms with Crippen LogP contribution in [0.5, 0.6) is 5.75 Å². The van der Waals surface area contributed by atoms with Gasteiger partial charge in [0.05, 0.1) is 0 Å². The van der Waals surface area contributed by atoms with Crippen LogP contribution in [-0.4, -0.2) is 30.5 Å². The fourth-order valence-electron chi connectivity index (χ4n) is 2.38. The summed E-state index contributed by atoms with van der Waals surface area (Å²) in [6, 6.07) is 12.1. The number of amides is 2. The minimum Gasteiger partial charge on any atom is -0.479 e. The van der Waals surface area contributed by atoms with Gasteiger partial charge in [-0.1, -0.05) is 32.9 Å². The van der Waals surface area contributed by atoms with Gasteiger partial charge in [-0.05, 0) is 54.3 Å². The van der Waals surface area contributed by atoms with Gasteiger partial charge in [0, 0.05) is 5.56 Å². The lowest BCUT2D eigenvalue weighted by Crippen LogP contribution is -2.36. The molecule has 0 fully saturated rings. The van der Waals surface area contributed by atoms with Gasteiger partial charge < -0.3 is 9.47 Å². The maximum Gasteiger partial charge on any atom is 0.347 e. The normalized spacial score (nSPS) is 12.0. The molecule has 2 amide bonds. The Morgan fingerprint density at radius 1 is 1.00 bits per heavy atom. The number of hydrogen-bond acceptors (Lipinski definition) is 5. The largest absolute Gasteiger partial charge is 0.479 e. The molecule has 1 atom stereocenters. The molecule has 29 heavy (non-hydrogen) atoms. The van der Waals surface area contributed by atoms with Crippen LogP contribution in [-0.2, 0) is 19.7 Å². The van der Waals surface area contributed by atoms with E-state index in [1.807, 2.05) is 12.1 Å². The van der Waals surface area contributed by atoms with Crippen LogP contribution in [0.15, 0.2) is 48.5 Å². The number of rotatable bonds is 6. The number of hydrogen-bond donors (Lipinski definition) is 1. The Morgan fingerprint density at radius 3 is 2.14 bits per heavy atom. The molecule has 0 aliphatic rings. The Labute approximate surface area is 169 Å². The summed E-state index contributed by atoms with van der Waals surface area (Å²) in [6.45, 7) is 6.98. The fourth-order valence-corrected chi connectivity index (χ4v) is 2.38. The van der Waals surface area contributed by atoms with Gasteiger partial charge in [0.1, 0.15) is 11.6 Å². The standard InChI is InChI=1S/C22H24FNO5/c1-14(29-18-11-9-17(23)10-12-18)21(27)28-13-19(25)24-20(26)15-5-7-16(8-6-15)22(2,3)4/h5-12,14H,13H2,1-4H3,(H,24,25,26)/t14-/m1/s1. The number of halogens is 1. The average Bonchev–Trinajstić information content (AvgIpc) is 2.67. The molecule has 2 aromatic rings. The molecule has 7 heteroatoms. The zero-order valence-electron chi connectivity index (χ0n) is 16.8. The third-order valence-corrected chi connectivity index (χ3v) is 4.07. The minimum atomic E-state index is -1.01. The topological polar surface area (TPSA) is 81.7 Å². The van der Waals surface area contributed by atoms with Crippen molar-refractivity contribution in [3.63, 3.8) is 0 Å². The molecule has 0 saturated heterocycles. The summed E-state index contributed by atoms with van der Waals surface area (Å²) < 4.78 is 23.0. The van der Waals surface area contributed by atoms with E-state index in [0.717, 1.165) is 5.56 Å². The summed E-state index contributed by atoms with van der Waals surface area (Å²) in [5.74, 6) is -2.26. The van der Waals surface area contributed by atoms with E-state index in [4.69, 9.17) is 9.47 Å². The van der Waals surface area contributed by atoms with Gasteiger partial charge in [0.25, 0.3) is 11.8 Å². The Bertz CT molecular complexity index is 870. The number of nitrogens with one attached hydrogen (secondary N) is 1. The van der Waals surface area contributed by atoms with Crippen molar-refractivity contribution >= 4 is 17.8 Å². The summed E-state index contributed by atoms with van der Waals surface area (Å²) in [6.07, 6.45) is -1.01. The van der Waals surface area contributed by atoms with Gasteiger partial charge in [-0.2, -0.15) is 0 Å². The maximum absolute atomic E-state index is 12.9. The van der Waals surface area contributed by atoms with E-state index in [1.165, 1.54) is 31.2 Å². The molecule has 0 spiro atoms. The summed E-state index contributed by atoms with van der Waals surface area (Å²) in [5.41, 5.74) is 1.33. The number of imide groups is 1. The monoisotopic (exact) mass is 401 g/mol. The molecule has 2 rings (SSSR count). The van der Waals surface area contributed by atoms with Crippen molar-refractivity contribution < 1.29 is 28.2 Å². The Kier molecular flexibility index (Phi) is 7.09. The van der Waals surface area contributed by atoms with E-state index in [2.05, 4.69) is 26.1 Å². The maximum atomic E-state index is 12.9. The lowest BCUT2D eigenvalue weighted by molar-refractivity contribution is -0.154. The summed E-state index contributed by atoms with van der Waals surface area (Å²) >= 11 is 0. The zero-order chi connectivity index (χ0) is 21.6. The lowest BCUT2D eigenvalue weighted by atomic mass is 9.87. The van der Waals surface area contributed by atoms with Crippen LogP contribution in [0.4, 0.5) is 4.39 Å². The number of benzene rings is 2. The van der Waals surface area contributed by atoms with Gasteiger partial charge in [-0.3, -0.25) is 14.9 Å². The smallest absolute Gasteiger partial charge is 0.347 e. The van der Waals surface area contributed by atoms with E-state index in [9.17, 15) is 18.8 Å². The average molecular weight is 401 g/mol. The van der Waals surface area contributed by atoms with Crippen LogP contribution in [0, 0.1) is 5.82 Å². The first-order chi connectivity index (χ1) is 13.6. The number of carbonyl (C=O) groups is 3. The third kappa shape index (κ3) is 6.71. The molecule has 0 aliphatic heterocycles. The summed E-state index contributed by atoms with van der Waals surface area (Å²) in [4.78, 5) is 35.9. The van der Waals surface area contributed by atoms with Crippen molar-refractivity contribution in [3.05, 3.63) is 65.5 Å². The molecular weight excluding hydrogens is 377 g/mol. The highest BCUT2D eigenvalue weighted by atomic mass is 19.1. The SMILES string of the molecule is C[C@@H](Oc1ccc(F)cc1)C(=O)OCC(=O)NC(=O)c1ccc(C(C)(C)C)cc1. The molecule has 0 aliphatic carbocycles. The highest BCUT2D eigenvalue weighted by molar-refractivity contribution is 6.05. The quantitative estimate of drug-likeness (QED) is 0.751. The Morgan fingerprint density at radius 2 is 1.59 bits per heavy atom. The molecule has 1 N–H and O–H groups in total. The second kappa shape index (κ2) is 9.32. The fraction of sp³-hybridized carbons (Fsp3) is 0.318. The zero-order valence-corrected chi connectivity index (χ0v) is 16.8. The first-order valence-electron chi connectivity index (χ1n) is 9.10. The summed E-state index contributed by atoms with van der Waals surface area (Å²) in [7, 11) is 0. The van der Waals surface area contributed by atoms with Gasteiger partial charge in [-0.15, -0.1) is 0 Å². The van der Waals surface area contributed by atoms with Crippen molar-refractivity contribution in [2.75, 3.05) is 6.61 Å². The lowest BCUT2D eigenvalue weighted by Gasteiger charge is -2.19. The molecule has 2 aromatic carbocycles. The molecule has 0 saturated carbocycles. The van der Waals surface area contributed by atoms with Crippen molar-refractivity contribution in [2.24, 2.45) is 0 Å². The predicted molar refractivity (Wildman–Crippen MR) is 105 cm³/mol. The minimum absolute atomic E-state index is 0.0499. The van der Waals surface area contributed by atoms with E-state index >= 15 is 0 Å². The highest BCUT2D eigenvalue weighted by Gasteiger charge is 2.19. The van der Waals surface area contributed by atoms with Crippen molar-refractivity contribution in [1.29, 1.82) is 0 Å².